The minimum atomic E-state index is -0.377. The van der Waals surface area contributed by atoms with E-state index in [-0.39, 0.29) is 11.9 Å². The van der Waals surface area contributed by atoms with E-state index in [4.69, 9.17) is 9.47 Å². The van der Waals surface area contributed by atoms with Gasteiger partial charge in [-0.3, -0.25) is 4.79 Å². The molecule has 0 saturated carbocycles. The number of aromatic nitrogens is 1. The number of nitrogens with zero attached hydrogens (tertiary/aromatic N) is 2. The normalized spacial score (nSPS) is 13.6. The van der Waals surface area contributed by atoms with Crippen LogP contribution in [0, 0.1) is 0 Å². The lowest BCUT2D eigenvalue weighted by molar-refractivity contribution is 0.0526. The van der Waals surface area contributed by atoms with Gasteiger partial charge in [0.05, 0.1) is 30.5 Å². The Labute approximate surface area is 187 Å². The molecule has 1 amide bonds. The van der Waals surface area contributed by atoms with E-state index >= 15 is 0 Å². The van der Waals surface area contributed by atoms with Gasteiger partial charge in [0.25, 0.3) is 5.91 Å². The van der Waals surface area contributed by atoms with Crippen molar-refractivity contribution in [2.75, 3.05) is 32.1 Å². The first kappa shape index (κ1) is 21.6. The minimum Gasteiger partial charge on any atom is -0.497 e. The number of methoxy groups -OCH3 is 1. The van der Waals surface area contributed by atoms with Crippen molar-refractivity contribution in [2.24, 2.45) is 0 Å². The topological polar surface area (TPSA) is 80.8 Å². The van der Waals surface area contributed by atoms with E-state index < -0.39 is 0 Å². The summed E-state index contributed by atoms with van der Waals surface area (Å²) in [6, 6.07) is 14.4. The van der Waals surface area contributed by atoms with Crippen molar-refractivity contribution >= 4 is 34.2 Å². The predicted octanol–water partition coefficient (Wildman–Crippen LogP) is 4.79. The summed E-state index contributed by atoms with van der Waals surface area (Å²) in [6.07, 6.45) is 3.18. The molecule has 4 rings (SSSR count). The zero-order chi connectivity index (χ0) is 22.5. The first-order valence-electron chi connectivity index (χ1n) is 10.9. The van der Waals surface area contributed by atoms with Gasteiger partial charge in [-0.05, 0) is 68.7 Å². The van der Waals surface area contributed by atoms with Gasteiger partial charge in [0.1, 0.15) is 11.4 Å². The van der Waals surface area contributed by atoms with Crippen LogP contribution in [0.5, 0.6) is 5.75 Å². The number of anilines is 2. The summed E-state index contributed by atoms with van der Waals surface area (Å²) in [7, 11) is 1.61. The van der Waals surface area contributed by atoms with Crippen molar-refractivity contribution < 1.29 is 19.1 Å². The van der Waals surface area contributed by atoms with Crippen LogP contribution in [0.1, 0.15) is 47.0 Å². The molecule has 32 heavy (non-hydrogen) atoms. The Balaban J connectivity index is 1.73. The van der Waals surface area contributed by atoms with Gasteiger partial charge < -0.3 is 19.7 Å². The smallest absolute Gasteiger partial charge is 0.338 e. The van der Waals surface area contributed by atoms with Crippen LogP contribution >= 0.6 is 0 Å². The summed E-state index contributed by atoms with van der Waals surface area (Å²) in [5.74, 6) is 0.252. The summed E-state index contributed by atoms with van der Waals surface area (Å²) in [4.78, 5) is 31.8. The maximum Gasteiger partial charge on any atom is 0.338 e. The predicted molar refractivity (Wildman–Crippen MR) is 124 cm³/mol. The standard InChI is InChI=1S/C25H27N3O4/c1-3-32-25(30)17-8-7-9-18(14-17)26-22-16-23(24(29)28-12-5-4-6-13-28)27-21-11-10-19(31-2)15-20(21)22/h7-11,14-16H,3-6,12-13H2,1-2H3,(H,26,27). The molecule has 1 N–H and O–H groups in total. The number of piperidine rings is 1. The zero-order valence-corrected chi connectivity index (χ0v) is 18.4. The molecule has 2 heterocycles. The van der Waals surface area contributed by atoms with Gasteiger partial charge >= 0.3 is 5.97 Å². The third-order valence-electron chi connectivity index (χ3n) is 5.53. The maximum absolute atomic E-state index is 13.1. The fourth-order valence-corrected chi connectivity index (χ4v) is 3.90. The molecule has 1 saturated heterocycles. The van der Waals surface area contributed by atoms with E-state index in [1.807, 2.05) is 29.2 Å². The Morgan fingerprint density at radius 1 is 1.06 bits per heavy atom. The van der Waals surface area contributed by atoms with Crippen molar-refractivity contribution in [1.82, 2.24) is 9.88 Å². The second kappa shape index (κ2) is 9.68. The molecule has 1 fully saturated rings. The molecule has 1 aliphatic heterocycles. The summed E-state index contributed by atoms with van der Waals surface area (Å²) < 4.78 is 10.5. The molecule has 0 atom stereocenters. The summed E-state index contributed by atoms with van der Waals surface area (Å²) in [6.45, 7) is 3.60. The van der Waals surface area contributed by atoms with Gasteiger partial charge in [0, 0.05) is 24.2 Å². The number of hydrogen-bond donors (Lipinski definition) is 1. The molecule has 0 spiro atoms. The largest absolute Gasteiger partial charge is 0.497 e. The minimum absolute atomic E-state index is 0.0641. The summed E-state index contributed by atoms with van der Waals surface area (Å²) in [5.41, 5.74) is 2.97. The van der Waals surface area contributed by atoms with Gasteiger partial charge in [-0.2, -0.15) is 0 Å². The average molecular weight is 434 g/mol. The molecular weight excluding hydrogens is 406 g/mol. The second-order valence-electron chi connectivity index (χ2n) is 7.72. The summed E-state index contributed by atoms with van der Waals surface area (Å²) in [5, 5.41) is 4.18. The maximum atomic E-state index is 13.1. The van der Waals surface area contributed by atoms with Crippen LogP contribution in [0.15, 0.2) is 48.5 Å². The zero-order valence-electron chi connectivity index (χ0n) is 18.4. The van der Waals surface area contributed by atoms with E-state index in [2.05, 4.69) is 10.3 Å². The van der Waals surface area contributed by atoms with Crippen molar-refractivity contribution in [3.8, 4) is 5.75 Å². The van der Waals surface area contributed by atoms with Crippen molar-refractivity contribution in [3.63, 3.8) is 0 Å². The van der Waals surface area contributed by atoms with Crippen molar-refractivity contribution in [2.45, 2.75) is 26.2 Å². The van der Waals surface area contributed by atoms with Gasteiger partial charge in [-0.15, -0.1) is 0 Å². The molecule has 3 aromatic rings. The van der Waals surface area contributed by atoms with Crippen LogP contribution < -0.4 is 10.1 Å². The molecule has 0 aliphatic carbocycles. The van der Waals surface area contributed by atoms with Crippen molar-refractivity contribution in [3.05, 3.63) is 59.8 Å². The molecule has 7 heteroatoms. The highest BCUT2D eigenvalue weighted by Gasteiger charge is 2.21. The van der Waals surface area contributed by atoms with Crippen LogP contribution in [0.25, 0.3) is 10.9 Å². The lowest BCUT2D eigenvalue weighted by atomic mass is 10.1. The quantitative estimate of drug-likeness (QED) is 0.563. The average Bonchev–Trinajstić information content (AvgIpc) is 2.84. The number of ether oxygens (including phenoxy) is 2. The number of carbonyl (C=O) groups is 2. The third-order valence-corrected chi connectivity index (χ3v) is 5.53. The molecule has 2 aromatic carbocycles. The fourth-order valence-electron chi connectivity index (χ4n) is 3.90. The Hall–Kier alpha value is -3.61. The molecule has 1 aromatic heterocycles. The third kappa shape index (κ3) is 4.66. The monoisotopic (exact) mass is 433 g/mol. The number of carbonyl (C=O) groups excluding carboxylic acids is 2. The number of likely N-dealkylation sites (tertiary alicyclic amines) is 1. The number of pyridine rings is 1. The molecule has 0 radical (unpaired) electrons. The first-order valence-corrected chi connectivity index (χ1v) is 10.9. The number of nitrogens with one attached hydrogen (secondary N) is 1. The van der Waals surface area contributed by atoms with Gasteiger partial charge in [0.15, 0.2) is 0 Å². The van der Waals surface area contributed by atoms with E-state index in [9.17, 15) is 9.59 Å². The highest BCUT2D eigenvalue weighted by molar-refractivity contribution is 6.01. The van der Waals surface area contributed by atoms with Crippen LogP contribution in [-0.4, -0.2) is 48.6 Å². The van der Waals surface area contributed by atoms with Crippen LogP contribution in [0.2, 0.25) is 0 Å². The molecule has 166 valence electrons. The number of amides is 1. The second-order valence-corrected chi connectivity index (χ2v) is 7.72. The van der Waals surface area contributed by atoms with E-state index in [0.29, 0.717) is 34.8 Å². The number of esters is 1. The number of fused-ring (bicyclic) bond motifs is 1. The van der Waals surface area contributed by atoms with Gasteiger partial charge in [0.2, 0.25) is 0 Å². The highest BCUT2D eigenvalue weighted by atomic mass is 16.5. The van der Waals surface area contributed by atoms with Gasteiger partial charge in [-0.1, -0.05) is 6.07 Å². The molecule has 7 nitrogen and oxygen atoms in total. The number of benzene rings is 2. The number of hydrogen-bond acceptors (Lipinski definition) is 6. The first-order chi connectivity index (χ1) is 15.6. The molecule has 0 bridgehead atoms. The SMILES string of the molecule is CCOC(=O)c1cccc(Nc2cc(C(=O)N3CCCCC3)nc3ccc(OC)cc23)c1. The van der Waals surface area contributed by atoms with E-state index in [0.717, 1.165) is 43.4 Å². The van der Waals surface area contributed by atoms with Crippen molar-refractivity contribution in [1.29, 1.82) is 0 Å². The molecular formula is C25H27N3O4. The lowest BCUT2D eigenvalue weighted by Crippen LogP contribution is -2.36. The number of rotatable bonds is 6. The Bertz CT molecular complexity index is 1140. The van der Waals surface area contributed by atoms with Crippen LogP contribution in [0.3, 0.4) is 0 Å². The molecule has 1 aliphatic rings. The van der Waals surface area contributed by atoms with E-state index in [1.165, 1.54) is 0 Å². The Kier molecular flexibility index (Phi) is 6.54. The molecule has 0 unspecified atom stereocenters. The Morgan fingerprint density at radius 2 is 1.88 bits per heavy atom. The summed E-state index contributed by atoms with van der Waals surface area (Å²) >= 11 is 0. The fraction of sp³-hybridized carbons (Fsp3) is 0.320. The van der Waals surface area contributed by atoms with Gasteiger partial charge in [-0.25, -0.2) is 9.78 Å². The lowest BCUT2D eigenvalue weighted by Gasteiger charge is -2.26. The highest BCUT2D eigenvalue weighted by Crippen LogP contribution is 2.30. The Morgan fingerprint density at radius 3 is 2.62 bits per heavy atom. The van der Waals surface area contributed by atoms with Crippen LogP contribution in [-0.2, 0) is 4.74 Å². The van der Waals surface area contributed by atoms with Crippen LogP contribution in [0.4, 0.5) is 11.4 Å². The van der Waals surface area contributed by atoms with E-state index in [1.54, 1.807) is 38.3 Å².